The highest BCUT2D eigenvalue weighted by molar-refractivity contribution is 4.87. The number of hydrogen-bond acceptors (Lipinski definition) is 2. The van der Waals surface area contributed by atoms with E-state index in [4.69, 9.17) is 9.47 Å². The van der Waals surface area contributed by atoms with Gasteiger partial charge in [-0.3, -0.25) is 0 Å². The van der Waals surface area contributed by atoms with Crippen molar-refractivity contribution >= 4 is 0 Å². The molecular formula is C17H36O2. The Hall–Kier alpha value is -0.0800. The molecule has 0 aliphatic rings. The third kappa shape index (κ3) is 6.76. The van der Waals surface area contributed by atoms with Gasteiger partial charge in [-0.2, -0.15) is 0 Å². The molecule has 0 rings (SSSR count). The Morgan fingerprint density at radius 1 is 0.789 bits per heavy atom. The smallest absolute Gasteiger partial charge is 0.0677 e. The zero-order valence-electron chi connectivity index (χ0n) is 14.6. The summed E-state index contributed by atoms with van der Waals surface area (Å²) in [5.41, 5.74) is 0.00433. The Balaban J connectivity index is 4.24. The molecule has 0 unspecified atom stereocenters. The molecule has 0 N–H and O–H groups in total. The Labute approximate surface area is 121 Å². The summed E-state index contributed by atoms with van der Waals surface area (Å²) in [5, 5.41) is 0. The molecule has 0 aromatic rings. The van der Waals surface area contributed by atoms with Crippen LogP contribution in [0.5, 0.6) is 0 Å². The van der Waals surface area contributed by atoms with Gasteiger partial charge in [-0.05, 0) is 52.9 Å². The summed E-state index contributed by atoms with van der Waals surface area (Å²) >= 11 is 0. The molecule has 0 spiro atoms. The Morgan fingerprint density at radius 3 is 1.84 bits per heavy atom. The van der Waals surface area contributed by atoms with Gasteiger partial charge in [0.25, 0.3) is 0 Å². The first kappa shape index (κ1) is 18.9. The van der Waals surface area contributed by atoms with Crippen LogP contribution in [0, 0.1) is 5.41 Å². The molecule has 0 radical (unpaired) electrons. The maximum absolute atomic E-state index is 6.09. The highest BCUT2D eigenvalue weighted by atomic mass is 16.5. The average molecular weight is 272 g/mol. The fourth-order valence-corrected chi connectivity index (χ4v) is 2.11. The van der Waals surface area contributed by atoms with Crippen LogP contribution in [-0.4, -0.2) is 24.4 Å². The van der Waals surface area contributed by atoms with Crippen molar-refractivity contribution in [2.45, 2.75) is 92.3 Å². The summed E-state index contributed by atoms with van der Waals surface area (Å²) in [6.45, 7) is 19.1. The van der Waals surface area contributed by atoms with Gasteiger partial charge < -0.3 is 9.47 Å². The summed E-state index contributed by atoms with van der Waals surface area (Å²) in [7, 11) is 0. The Morgan fingerprint density at radius 2 is 1.37 bits per heavy atom. The first-order valence-electron chi connectivity index (χ1n) is 7.86. The van der Waals surface area contributed by atoms with Crippen LogP contribution in [0.2, 0.25) is 0 Å². The average Bonchev–Trinajstić information content (AvgIpc) is 2.25. The number of hydrogen-bond donors (Lipinski definition) is 0. The van der Waals surface area contributed by atoms with Crippen molar-refractivity contribution < 1.29 is 9.47 Å². The van der Waals surface area contributed by atoms with Crippen LogP contribution in [0.25, 0.3) is 0 Å². The van der Waals surface area contributed by atoms with E-state index in [0.717, 1.165) is 26.1 Å². The predicted molar refractivity (Wildman–Crippen MR) is 83.7 cm³/mol. The van der Waals surface area contributed by atoms with Gasteiger partial charge in [0.2, 0.25) is 0 Å². The number of rotatable bonds is 10. The van der Waals surface area contributed by atoms with Crippen molar-refractivity contribution in [3.8, 4) is 0 Å². The minimum atomic E-state index is -0.112. The second-order valence-corrected chi connectivity index (χ2v) is 7.29. The van der Waals surface area contributed by atoms with E-state index < -0.39 is 0 Å². The van der Waals surface area contributed by atoms with Gasteiger partial charge in [-0.1, -0.05) is 33.6 Å². The summed E-state index contributed by atoms with van der Waals surface area (Å²) in [6, 6.07) is 0. The zero-order valence-corrected chi connectivity index (χ0v) is 14.6. The van der Waals surface area contributed by atoms with Crippen molar-refractivity contribution in [3.63, 3.8) is 0 Å². The van der Waals surface area contributed by atoms with Crippen LogP contribution in [0.4, 0.5) is 0 Å². The second-order valence-electron chi connectivity index (χ2n) is 7.29. The van der Waals surface area contributed by atoms with Crippen molar-refractivity contribution in [2.75, 3.05) is 13.2 Å². The third-order valence-corrected chi connectivity index (χ3v) is 4.49. The number of unbranched alkanes of at least 4 members (excludes halogenated alkanes) is 1. The first-order chi connectivity index (χ1) is 8.58. The van der Waals surface area contributed by atoms with Crippen LogP contribution in [0.3, 0.4) is 0 Å². The van der Waals surface area contributed by atoms with Crippen LogP contribution in [0.15, 0.2) is 0 Å². The van der Waals surface area contributed by atoms with Gasteiger partial charge in [0.1, 0.15) is 0 Å². The van der Waals surface area contributed by atoms with E-state index in [1.807, 2.05) is 0 Å². The molecule has 2 heteroatoms. The standard InChI is InChI=1S/C17H36O2/c1-9-11-12-16(5,6)19-14-13-15(3,4)17(7,8)18-10-2/h9-14H2,1-8H3. The molecule has 0 bridgehead atoms. The van der Waals surface area contributed by atoms with Crippen molar-refractivity contribution in [1.29, 1.82) is 0 Å². The molecule has 0 fully saturated rings. The second kappa shape index (κ2) is 7.64. The summed E-state index contributed by atoms with van der Waals surface area (Å²) in [6.07, 6.45) is 4.63. The molecule has 2 nitrogen and oxygen atoms in total. The Bertz CT molecular complexity index is 242. The quantitative estimate of drug-likeness (QED) is 0.544. The molecule has 0 aliphatic carbocycles. The van der Waals surface area contributed by atoms with E-state index in [1.54, 1.807) is 0 Å². The van der Waals surface area contributed by atoms with Crippen molar-refractivity contribution in [3.05, 3.63) is 0 Å². The maximum Gasteiger partial charge on any atom is 0.0677 e. The van der Waals surface area contributed by atoms with Gasteiger partial charge in [-0.25, -0.2) is 0 Å². The van der Waals surface area contributed by atoms with Gasteiger partial charge in [0, 0.05) is 13.2 Å². The third-order valence-electron chi connectivity index (χ3n) is 4.49. The van der Waals surface area contributed by atoms with Crippen LogP contribution < -0.4 is 0 Å². The monoisotopic (exact) mass is 272 g/mol. The van der Waals surface area contributed by atoms with E-state index in [2.05, 4.69) is 55.4 Å². The SMILES string of the molecule is CCCCC(C)(C)OCCC(C)(C)C(C)(C)OCC. The Kier molecular flexibility index (Phi) is 7.60. The molecule has 0 aromatic carbocycles. The van der Waals surface area contributed by atoms with Gasteiger partial charge in [-0.15, -0.1) is 0 Å². The van der Waals surface area contributed by atoms with Gasteiger partial charge >= 0.3 is 0 Å². The van der Waals surface area contributed by atoms with Crippen molar-refractivity contribution in [2.24, 2.45) is 5.41 Å². The summed E-state index contributed by atoms with van der Waals surface area (Å²) < 4.78 is 12.0. The van der Waals surface area contributed by atoms with Crippen LogP contribution in [0.1, 0.15) is 81.1 Å². The zero-order chi connectivity index (χ0) is 15.2. The molecule has 0 saturated carbocycles. The lowest BCUT2D eigenvalue weighted by atomic mass is 9.74. The normalized spacial score (nSPS) is 13.9. The van der Waals surface area contributed by atoms with Gasteiger partial charge in [0.15, 0.2) is 0 Å². The molecule has 116 valence electrons. The van der Waals surface area contributed by atoms with E-state index in [0.29, 0.717) is 0 Å². The van der Waals surface area contributed by atoms with E-state index in [9.17, 15) is 0 Å². The topological polar surface area (TPSA) is 18.5 Å². The molecular weight excluding hydrogens is 236 g/mol. The summed E-state index contributed by atoms with van der Waals surface area (Å²) in [5.74, 6) is 0. The molecule has 19 heavy (non-hydrogen) atoms. The molecule has 0 atom stereocenters. The largest absolute Gasteiger partial charge is 0.376 e. The fraction of sp³-hybridized carbons (Fsp3) is 1.00. The predicted octanol–water partition coefficient (Wildman–Crippen LogP) is 5.20. The lowest BCUT2D eigenvalue weighted by Crippen LogP contribution is -2.43. The number of ether oxygens (including phenoxy) is 2. The van der Waals surface area contributed by atoms with Crippen molar-refractivity contribution in [1.82, 2.24) is 0 Å². The fourth-order valence-electron chi connectivity index (χ4n) is 2.11. The van der Waals surface area contributed by atoms with E-state index >= 15 is 0 Å². The summed E-state index contributed by atoms with van der Waals surface area (Å²) in [4.78, 5) is 0. The molecule has 0 aliphatic heterocycles. The minimum Gasteiger partial charge on any atom is -0.376 e. The molecule has 0 heterocycles. The van der Waals surface area contributed by atoms with Crippen LogP contribution in [-0.2, 0) is 9.47 Å². The first-order valence-corrected chi connectivity index (χ1v) is 7.86. The maximum atomic E-state index is 6.09. The minimum absolute atomic E-state index is 0.00183. The highest BCUT2D eigenvalue weighted by Crippen LogP contribution is 2.37. The molecule has 0 aromatic heterocycles. The lowest BCUT2D eigenvalue weighted by Gasteiger charge is -2.42. The van der Waals surface area contributed by atoms with Crippen LogP contribution >= 0.6 is 0 Å². The van der Waals surface area contributed by atoms with E-state index in [1.165, 1.54) is 12.8 Å². The molecule has 0 saturated heterocycles. The van der Waals surface area contributed by atoms with Gasteiger partial charge in [0.05, 0.1) is 11.2 Å². The molecule has 0 amide bonds. The highest BCUT2D eigenvalue weighted by Gasteiger charge is 2.37. The lowest BCUT2D eigenvalue weighted by molar-refractivity contribution is -0.113. The van der Waals surface area contributed by atoms with E-state index in [-0.39, 0.29) is 16.6 Å².